The SMILES string of the molecule is CCCCOc1ccccc1C(=O)OC[C@@H](O)[C@@H](O)[C@H](O)[C@@H](O)CO. The number of hydrogen-bond acceptors (Lipinski definition) is 8. The fraction of sp³-hybridized carbons (Fsp3) is 0.588. The molecule has 1 rings (SSSR count). The fourth-order valence-corrected chi connectivity index (χ4v) is 1.99. The Hall–Kier alpha value is -1.71. The first-order valence-corrected chi connectivity index (χ1v) is 8.14. The van der Waals surface area contributed by atoms with Gasteiger partial charge >= 0.3 is 5.97 Å². The first-order chi connectivity index (χ1) is 11.9. The van der Waals surface area contributed by atoms with Gasteiger partial charge in [-0.25, -0.2) is 4.79 Å². The number of hydrogen-bond donors (Lipinski definition) is 5. The normalized spacial score (nSPS) is 15.9. The fourth-order valence-electron chi connectivity index (χ4n) is 1.99. The summed E-state index contributed by atoms with van der Waals surface area (Å²) in [5.74, 6) is -0.401. The van der Waals surface area contributed by atoms with Gasteiger partial charge in [0.15, 0.2) is 0 Å². The van der Waals surface area contributed by atoms with Gasteiger partial charge in [0, 0.05) is 0 Å². The molecule has 142 valence electrons. The zero-order chi connectivity index (χ0) is 18.8. The van der Waals surface area contributed by atoms with Gasteiger partial charge in [-0.05, 0) is 18.6 Å². The van der Waals surface area contributed by atoms with Gasteiger partial charge in [-0.15, -0.1) is 0 Å². The maximum Gasteiger partial charge on any atom is 0.342 e. The molecule has 1 aromatic rings. The molecule has 8 heteroatoms. The second kappa shape index (κ2) is 11.0. The molecule has 8 nitrogen and oxygen atoms in total. The number of ether oxygens (including phenoxy) is 2. The number of benzene rings is 1. The van der Waals surface area contributed by atoms with E-state index in [0.717, 1.165) is 12.8 Å². The van der Waals surface area contributed by atoms with Gasteiger partial charge in [0.05, 0.1) is 13.2 Å². The lowest BCUT2D eigenvalue weighted by Crippen LogP contribution is -2.47. The van der Waals surface area contributed by atoms with Crippen molar-refractivity contribution in [2.75, 3.05) is 19.8 Å². The third kappa shape index (κ3) is 6.60. The minimum Gasteiger partial charge on any atom is -0.493 e. The third-order valence-corrected chi connectivity index (χ3v) is 3.57. The van der Waals surface area contributed by atoms with E-state index in [0.29, 0.717) is 12.4 Å². The molecule has 0 aromatic heterocycles. The second-order valence-corrected chi connectivity index (χ2v) is 5.60. The second-order valence-electron chi connectivity index (χ2n) is 5.60. The van der Waals surface area contributed by atoms with Crippen molar-refractivity contribution in [3.63, 3.8) is 0 Å². The Kier molecular flexibility index (Phi) is 9.40. The molecule has 5 N–H and O–H groups in total. The van der Waals surface area contributed by atoms with Crippen molar-refractivity contribution in [3.05, 3.63) is 29.8 Å². The molecule has 0 radical (unpaired) electrons. The zero-order valence-electron chi connectivity index (χ0n) is 14.1. The van der Waals surface area contributed by atoms with Crippen LogP contribution in [0.5, 0.6) is 5.75 Å². The van der Waals surface area contributed by atoms with Gasteiger partial charge in [0.25, 0.3) is 0 Å². The van der Waals surface area contributed by atoms with Gasteiger partial charge in [-0.2, -0.15) is 0 Å². The maximum atomic E-state index is 12.1. The molecule has 0 spiro atoms. The van der Waals surface area contributed by atoms with Crippen LogP contribution in [0.2, 0.25) is 0 Å². The van der Waals surface area contributed by atoms with Crippen LogP contribution in [0.25, 0.3) is 0 Å². The summed E-state index contributed by atoms with van der Waals surface area (Å²) >= 11 is 0. The molecule has 0 unspecified atom stereocenters. The molecule has 0 heterocycles. The van der Waals surface area contributed by atoms with Crippen molar-refractivity contribution in [2.24, 2.45) is 0 Å². The van der Waals surface area contributed by atoms with Crippen molar-refractivity contribution in [2.45, 2.75) is 44.2 Å². The van der Waals surface area contributed by atoms with Crippen LogP contribution in [-0.4, -0.2) is 75.7 Å². The van der Waals surface area contributed by atoms with Crippen LogP contribution in [0, 0.1) is 0 Å². The van der Waals surface area contributed by atoms with Crippen LogP contribution < -0.4 is 4.74 Å². The van der Waals surface area contributed by atoms with Gasteiger partial charge in [0.1, 0.15) is 42.3 Å². The Morgan fingerprint density at radius 3 is 2.36 bits per heavy atom. The molecule has 0 aliphatic heterocycles. The van der Waals surface area contributed by atoms with Crippen molar-refractivity contribution in [1.29, 1.82) is 0 Å². The van der Waals surface area contributed by atoms with Crippen molar-refractivity contribution in [3.8, 4) is 5.75 Å². The number of para-hydroxylation sites is 1. The van der Waals surface area contributed by atoms with E-state index in [2.05, 4.69) is 0 Å². The standard InChI is InChI=1S/C17H26O8/c1-2-3-8-24-14-7-5-4-6-11(14)17(23)25-10-13(20)16(22)15(21)12(19)9-18/h4-7,12-13,15-16,18-22H,2-3,8-10H2,1H3/t12-,13+,15+,16+/m0/s1. The molecule has 0 aliphatic rings. The van der Waals surface area contributed by atoms with Crippen LogP contribution in [0.15, 0.2) is 24.3 Å². The molecule has 0 aliphatic carbocycles. The van der Waals surface area contributed by atoms with Crippen molar-refractivity contribution in [1.82, 2.24) is 0 Å². The number of carbonyl (C=O) groups is 1. The van der Waals surface area contributed by atoms with E-state index in [1.807, 2.05) is 6.92 Å². The Bertz CT molecular complexity index is 521. The lowest BCUT2D eigenvalue weighted by molar-refractivity contribution is -0.124. The summed E-state index contributed by atoms with van der Waals surface area (Å²) in [5.41, 5.74) is 0.177. The Morgan fingerprint density at radius 2 is 1.72 bits per heavy atom. The average Bonchev–Trinajstić information content (AvgIpc) is 2.64. The largest absolute Gasteiger partial charge is 0.493 e. The average molecular weight is 358 g/mol. The molecule has 0 amide bonds. The summed E-state index contributed by atoms with van der Waals surface area (Å²) < 4.78 is 10.5. The van der Waals surface area contributed by atoms with Gasteiger partial charge in [-0.1, -0.05) is 25.5 Å². The third-order valence-electron chi connectivity index (χ3n) is 3.57. The highest BCUT2D eigenvalue weighted by molar-refractivity contribution is 5.92. The lowest BCUT2D eigenvalue weighted by atomic mass is 10.0. The van der Waals surface area contributed by atoms with Crippen LogP contribution in [0.1, 0.15) is 30.1 Å². The van der Waals surface area contributed by atoms with Crippen LogP contribution in [-0.2, 0) is 4.74 Å². The number of carbonyl (C=O) groups excluding carboxylic acids is 1. The van der Waals surface area contributed by atoms with Crippen molar-refractivity contribution < 1.29 is 39.8 Å². The van der Waals surface area contributed by atoms with E-state index in [1.54, 1.807) is 18.2 Å². The Balaban J connectivity index is 2.61. The van der Waals surface area contributed by atoms with Crippen molar-refractivity contribution >= 4 is 5.97 Å². The monoisotopic (exact) mass is 358 g/mol. The molecule has 0 saturated heterocycles. The lowest BCUT2D eigenvalue weighted by Gasteiger charge is -2.25. The highest BCUT2D eigenvalue weighted by atomic mass is 16.5. The summed E-state index contributed by atoms with van der Waals surface area (Å²) in [4.78, 5) is 12.1. The predicted octanol–water partition coefficient (Wildman–Crippen LogP) is -0.542. The molecular formula is C17H26O8. The smallest absolute Gasteiger partial charge is 0.342 e. The Labute approximate surface area is 146 Å². The van der Waals surface area contributed by atoms with E-state index in [1.165, 1.54) is 6.07 Å². The molecular weight excluding hydrogens is 332 g/mol. The van der Waals surface area contributed by atoms with E-state index in [9.17, 15) is 25.2 Å². The summed E-state index contributed by atoms with van der Waals surface area (Å²) in [5, 5.41) is 46.9. The number of rotatable bonds is 11. The number of esters is 1. The quantitative estimate of drug-likeness (QED) is 0.263. The molecule has 25 heavy (non-hydrogen) atoms. The minimum atomic E-state index is -1.79. The molecule has 0 saturated carbocycles. The topological polar surface area (TPSA) is 137 Å². The molecule has 0 bridgehead atoms. The number of aliphatic hydroxyl groups excluding tert-OH is 5. The van der Waals surface area contributed by atoms with Gasteiger partial charge in [0.2, 0.25) is 0 Å². The van der Waals surface area contributed by atoms with E-state index in [-0.39, 0.29) is 5.56 Å². The highest BCUT2D eigenvalue weighted by Crippen LogP contribution is 2.19. The van der Waals surface area contributed by atoms with E-state index < -0.39 is 43.6 Å². The van der Waals surface area contributed by atoms with E-state index >= 15 is 0 Å². The van der Waals surface area contributed by atoms with E-state index in [4.69, 9.17) is 14.6 Å². The minimum absolute atomic E-state index is 0.177. The first-order valence-electron chi connectivity index (χ1n) is 8.14. The van der Waals surface area contributed by atoms with Gasteiger partial charge < -0.3 is 35.0 Å². The van der Waals surface area contributed by atoms with Gasteiger partial charge in [-0.3, -0.25) is 0 Å². The van der Waals surface area contributed by atoms with Crippen LogP contribution in [0.3, 0.4) is 0 Å². The van der Waals surface area contributed by atoms with Crippen LogP contribution in [0.4, 0.5) is 0 Å². The summed E-state index contributed by atoms with van der Waals surface area (Å²) in [6.45, 7) is 1.08. The predicted molar refractivity (Wildman–Crippen MR) is 88.2 cm³/mol. The number of unbranched alkanes of at least 4 members (excludes halogenated alkanes) is 1. The first kappa shape index (κ1) is 21.3. The Morgan fingerprint density at radius 1 is 1.08 bits per heavy atom. The molecule has 0 fully saturated rings. The zero-order valence-corrected chi connectivity index (χ0v) is 14.1. The summed E-state index contributed by atoms with van der Waals surface area (Å²) in [7, 11) is 0. The molecule has 4 atom stereocenters. The maximum absolute atomic E-state index is 12.1. The highest BCUT2D eigenvalue weighted by Gasteiger charge is 2.31. The number of aliphatic hydroxyl groups is 5. The van der Waals surface area contributed by atoms with Crippen LogP contribution >= 0.6 is 0 Å². The molecule has 1 aromatic carbocycles. The summed E-state index contributed by atoms with van der Waals surface area (Å²) in [6.07, 6.45) is -5.03. The summed E-state index contributed by atoms with van der Waals surface area (Å²) in [6, 6.07) is 6.48.